The third kappa shape index (κ3) is 3.53. The molecule has 0 bridgehead atoms. The summed E-state index contributed by atoms with van der Waals surface area (Å²) in [5.74, 6) is 0. The molecule has 0 aliphatic rings. The Morgan fingerprint density at radius 3 is 2.53 bits per heavy atom. The van der Waals surface area contributed by atoms with Crippen LogP contribution in [0.4, 0.5) is 0 Å². The molecule has 86 valence electrons. The van der Waals surface area contributed by atoms with Crippen LogP contribution in [0.25, 0.3) is 0 Å². The van der Waals surface area contributed by atoms with Gasteiger partial charge in [-0.1, -0.05) is 0 Å². The summed E-state index contributed by atoms with van der Waals surface area (Å²) >= 11 is 5.25. The minimum atomic E-state index is -0.219. The van der Waals surface area contributed by atoms with Gasteiger partial charge in [-0.25, -0.2) is 0 Å². The van der Waals surface area contributed by atoms with Gasteiger partial charge in [0.15, 0.2) is 6.29 Å². The molecule has 3 nitrogen and oxygen atoms in total. The number of rotatable bonds is 6. The monoisotopic (exact) mass is 293 g/mol. The summed E-state index contributed by atoms with van der Waals surface area (Å²) < 4.78 is 11.6. The van der Waals surface area contributed by atoms with Crippen LogP contribution >= 0.6 is 27.3 Å². The molecule has 0 aliphatic heterocycles. The molecule has 1 heterocycles. The van der Waals surface area contributed by atoms with Crippen molar-refractivity contribution in [1.29, 1.82) is 0 Å². The molecule has 0 saturated carbocycles. The minimum Gasteiger partial charge on any atom is -0.354 e. The van der Waals surface area contributed by atoms with E-state index in [4.69, 9.17) is 9.47 Å². The first-order valence-electron chi connectivity index (χ1n) is 4.67. The van der Waals surface area contributed by atoms with Crippen LogP contribution in [0.15, 0.2) is 15.9 Å². The van der Waals surface area contributed by atoms with Crippen molar-refractivity contribution in [1.82, 2.24) is 5.32 Å². The van der Waals surface area contributed by atoms with Crippen LogP contribution in [0.3, 0.4) is 0 Å². The van der Waals surface area contributed by atoms with E-state index in [0.717, 1.165) is 10.9 Å². The number of halogens is 1. The molecule has 1 aromatic heterocycles. The summed E-state index contributed by atoms with van der Waals surface area (Å²) in [6.07, 6.45) is 0.671. The summed E-state index contributed by atoms with van der Waals surface area (Å²) in [5.41, 5.74) is 0. The number of hydrogen-bond acceptors (Lipinski definition) is 4. The van der Waals surface area contributed by atoms with Crippen LogP contribution in [0, 0.1) is 0 Å². The van der Waals surface area contributed by atoms with E-state index in [2.05, 4.69) is 32.7 Å². The first-order chi connectivity index (χ1) is 7.22. The van der Waals surface area contributed by atoms with Crippen molar-refractivity contribution < 1.29 is 9.47 Å². The van der Waals surface area contributed by atoms with Crippen molar-refractivity contribution in [3.8, 4) is 0 Å². The second-order valence-corrected chi connectivity index (χ2v) is 4.99. The Kier molecular flexibility index (Phi) is 5.78. The Morgan fingerprint density at radius 1 is 1.47 bits per heavy atom. The lowest BCUT2D eigenvalue weighted by Gasteiger charge is -2.23. The lowest BCUT2D eigenvalue weighted by molar-refractivity contribution is -0.121. The Morgan fingerprint density at radius 2 is 2.13 bits per heavy atom. The molecular weight excluding hydrogens is 278 g/mol. The Hall–Kier alpha value is 0.0600. The summed E-state index contributed by atoms with van der Waals surface area (Å²) in [6.45, 7) is 0. The second kappa shape index (κ2) is 6.60. The van der Waals surface area contributed by atoms with E-state index in [9.17, 15) is 0 Å². The second-order valence-electron chi connectivity index (χ2n) is 3.13. The Balaban J connectivity index is 2.64. The normalized spacial score (nSPS) is 13.4. The number of ether oxygens (including phenoxy) is 2. The van der Waals surface area contributed by atoms with Gasteiger partial charge in [0.05, 0.1) is 6.04 Å². The highest BCUT2D eigenvalue weighted by Gasteiger charge is 2.20. The number of thiophene rings is 1. The third-order valence-electron chi connectivity index (χ3n) is 2.26. The number of methoxy groups -OCH3 is 2. The average molecular weight is 294 g/mol. The molecule has 1 atom stereocenters. The standard InChI is InChI=1S/C10H16BrNO2S/c1-12-8(10(13-2)14-3)6-9-7(11)4-5-15-9/h4-5,8,10,12H,6H2,1-3H3. The number of nitrogens with one attached hydrogen (secondary N) is 1. The molecule has 1 unspecified atom stereocenters. The molecule has 15 heavy (non-hydrogen) atoms. The van der Waals surface area contributed by atoms with Crippen molar-refractivity contribution in [3.63, 3.8) is 0 Å². The molecule has 0 aromatic carbocycles. The van der Waals surface area contributed by atoms with E-state index in [-0.39, 0.29) is 12.3 Å². The zero-order valence-corrected chi connectivity index (χ0v) is 11.5. The fourth-order valence-corrected chi connectivity index (χ4v) is 3.00. The summed E-state index contributed by atoms with van der Waals surface area (Å²) in [4.78, 5) is 1.30. The topological polar surface area (TPSA) is 30.5 Å². The van der Waals surface area contributed by atoms with Crippen LogP contribution in [-0.2, 0) is 15.9 Å². The Labute approximate surface area is 103 Å². The molecule has 1 N–H and O–H groups in total. The van der Waals surface area contributed by atoms with Gasteiger partial charge in [-0.15, -0.1) is 11.3 Å². The van der Waals surface area contributed by atoms with Crippen molar-refractivity contribution >= 4 is 27.3 Å². The van der Waals surface area contributed by atoms with Crippen molar-refractivity contribution in [2.24, 2.45) is 0 Å². The van der Waals surface area contributed by atoms with Crippen molar-refractivity contribution in [2.75, 3.05) is 21.3 Å². The molecular formula is C10H16BrNO2S. The Bertz CT molecular complexity index is 289. The van der Waals surface area contributed by atoms with Crippen LogP contribution in [-0.4, -0.2) is 33.6 Å². The molecule has 5 heteroatoms. The maximum Gasteiger partial charge on any atom is 0.172 e. The summed E-state index contributed by atoms with van der Waals surface area (Å²) in [7, 11) is 5.22. The van der Waals surface area contributed by atoms with Crippen LogP contribution in [0.1, 0.15) is 4.88 Å². The van der Waals surface area contributed by atoms with E-state index in [1.807, 2.05) is 7.05 Å². The maximum absolute atomic E-state index is 5.25. The smallest absolute Gasteiger partial charge is 0.172 e. The number of likely N-dealkylation sites (N-methyl/N-ethyl adjacent to an activating group) is 1. The number of hydrogen-bond donors (Lipinski definition) is 1. The van der Waals surface area contributed by atoms with Gasteiger partial charge in [-0.3, -0.25) is 0 Å². The summed E-state index contributed by atoms with van der Waals surface area (Å²) in [5, 5.41) is 5.28. The van der Waals surface area contributed by atoms with Gasteiger partial charge in [0.1, 0.15) is 0 Å². The fourth-order valence-electron chi connectivity index (χ4n) is 1.43. The highest BCUT2D eigenvalue weighted by atomic mass is 79.9. The zero-order chi connectivity index (χ0) is 11.3. The van der Waals surface area contributed by atoms with Gasteiger partial charge >= 0.3 is 0 Å². The summed E-state index contributed by atoms with van der Waals surface area (Å²) in [6, 6.07) is 2.22. The quantitative estimate of drug-likeness (QED) is 0.816. The lowest BCUT2D eigenvalue weighted by Crippen LogP contribution is -2.41. The van der Waals surface area contributed by atoms with E-state index >= 15 is 0 Å². The lowest BCUT2D eigenvalue weighted by atomic mass is 10.2. The molecule has 0 spiro atoms. The third-order valence-corrected chi connectivity index (χ3v) is 4.21. The van der Waals surface area contributed by atoms with Crippen LogP contribution in [0.2, 0.25) is 0 Å². The van der Waals surface area contributed by atoms with Crippen LogP contribution in [0.5, 0.6) is 0 Å². The van der Waals surface area contributed by atoms with E-state index in [1.165, 1.54) is 4.88 Å². The first kappa shape index (κ1) is 13.1. The highest BCUT2D eigenvalue weighted by Crippen LogP contribution is 2.24. The molecule has 0 saturated heterocycles. The minimum absolute atomic E-state index is 0.162. The highest BCUT2D eigenvalue weighted by molar-refractivity contribution is 9.10. The van der Waals surface area contributed by atoms with Gasteiger partial charge in [0.25, 0.3) is 0 Å². The molecule has 0 aliphatic carbocycles. The molecule has 0 fully saturated rings. The average Bonchev–Trinajstić information content (AvgIpc) is 2.64. The molecule has 1 rings (SSSR count). The first-order valence-corrected chi connectivity index (χ1v) is 6.35. The van der Waals surface area contributed by atoms with Gasteiger partial charge in [-0.2, -0.15) is 0 Å². The molecule has 0 radical (unpaired) electrons. The fraction of sp³-hybridized carbons (Fsp3) is 0.600. The molecule has 0 amide bonds. The van der Waals surface area contributed by atoms with E-state index < -0.39 is 0 Å². The molecule has 1 aromatic rings. The van der Waals surface area contributed by atoms with Gasteiger partial charge in [0, 0.05) is 30.0 Å². The zero-order valence-electron chi connectivity index (χ0n) is 9.12. The van der Waals surface area contributed by atoms with Crippen molar-refractivity contribution in [2.45, 2.75) is 18.8 Å². The van der Waals surface area contributed by atoms with E-state index in [0.29, 0.717) is 0 Å². The van der Waals surface area contributed by atoms with Gasteiger partial charge in [0.2, 0.25) is 0 Å². The predicted molar refractivity (Wildman–Crippen MR) is 66.4 cm³/mol. The van der Waals surface area contributed by atoms with E-state index in [1.54, 1.807) is 25.6 Å². The van der Waals surface area contributed by atoms with Gasteiger partial charge in [-0.05, 0) is 34.4 Å². The largest absolute Gasteiger partial charge is 0.354 e. The van der Waals surface area contributed by atoms with Gasteiger partial charge < -0.3 is 14.8 Å². The van der Waals surface area contributed by atoms with Crippen LogP contribution < -0.4 is 5.32 Å². The predicted octanol–water partition coefficient (Wildman–Crippen LogP) is 2.26. The SMILES string of the molecule is CNC(Cc1sccc1Br)C(OC)OC. The maximum atomic E-state index is 5.25. The van der Waals surface area contributed by atoms with Crippen molar-refractivity contribution in [3.05, 3.63) is 20.8 Å².